The molecule has 0 saturated heterocycles. The molecule has 1 amide bonds. The number of fused-ring (bicyclic) bond motifs is 1. The van der Waals surface area contributed by atoms with Crippen LogP contribution >= 0.6 is 0 Å². The summed E-state index contributed by atoms with van der Waals surface area (Å²) in [5.41, 5.74) is 8.71. The quantitative estimate of drug-likeness (QED) is 0.199. The fourth-order valence-corrected chi connectivity index (χ4v) is 4.33. The van der Waals surface area contributed by atoms with Crippen LogP contribution in [-0.4, -0.2) is 31.1 Å². The lowest BCUT2D eigenvalue weighted by Crippen LogP contribution is -2.11. The average molecular weight is 493 g/mol. The molecular weight excluding hydrogens is 464 g/mol. The van der Waals surface area contributed by atoms with Crippen molar-refractivity contribution in [2.45, 2.75) is 33.1 Å². The van der Waals surface area contributed by atoms with E-state index < -0.39 is 0 Å². The van der Waals surface area contributed by atoms with Crippen LogP contribution in [0, 0.1) is 6.92 Å². The fourth-order valence-electron chi connectivity index (χ4n) is 4.33. The molecule has 5 aromatic heterocycles. The molecule has 0 radical (unpaired) electrons. The van der Waals surface area contributed by atoms with Gasteiger partial charge < -0.3 is 14.7 Å². The van der Waals surface area contributed by atoms with Crippen LogP contribution in [0.5, 0.6) is 0 Å². The first-order valence-corrected chi connectivity index (χ1v) is 12.2. The second kappa shape index (κ2) is 10.5. The number of hydrogen-bond donors (Lipinski definition) is 3. The highest BCUT2D eigenvalue weighted by atomic mass is 16.3. The van der Waals surface area contributed by atoms with Gasteiger partial charge in [0.1, 0.15) is 5.69 Å². The topological polar surface area (TPSA) is 112 Å². The minimum atomic E-state index is -0.0143. The van der Waals surface area contributed by atoms with Gasteiger partial charge in [-0.2, -0.15) is 5.10 Å². The van der Waals surface area contributed by atoms with E-state index >= 15 is 0 Å². The molecule has 5 aromatic rings. The number of anilines is 1. The number of allylic oxidation sites excluding steroid dienone is 2. The molecule has 0 spiro atoms. The first kappa shape index (κ1) is 24.0. The Labute approximate surface area is 214 Å². The molecule has 0 aliphatic carbocycles. The SMILES string of the molecule is C=C/C=C(/c1ccoc1)c1cc(-c2n[nH]c3cnc(-c4cncc(NC(=O)CCCC)c4)cc23)[nH]c1C. The molecule has 186 valence electrons. The second-order valence-electron chi connectivity index (χ2n) is 8.85. The van der Waals surface area contributed by atoms with Crippen molar-refractivity contribution in [3.63, 3.8) is 0 Å². The summed E-state index contributed by atoms with van der Waals surface area (Å²) < 4.78 is 5.30. The van der Waals surface area contributed by atoms with Gasteiger partial charge in [-0.15, -0.1) is 0 Å². The van der Waals surface area contributed by atoms with Crippen molar-refractivity contribution >= 4 is 28.1 Å². The molecule has 37 heavy (non-hydrogen) atoms. The van der Waals surface area contributed by atoms with Gasteiger partial charge in [0.2, 0.25) is 5.91 Å². The number of carbonyl (C=O) groups is 1. The van der Waals surface area contributed by atoms with Crippen LogP contribution in [-0.2, 0) is 4.79 Å². The standard InChI is InChI=1S/C29H28N6O2/c1-4-6-8-28(36)33-21-11-20(14-30-15-21)25-13-24-27(16-31-25)34-35-29(24)26-12-23(18(3)32-26)22(7-5-2)19-9-10-37-17-19/h5,7,9-17,32H,2,4,6,8H2,1,3H3,(H,33,36)(H,34,35)/b22-7-. The Balaban J connectivity index is 1.49. The zero-order chi connectivity index (χ0) is 25.8. The van der Waals surface area contributed by atoms with Gasteiger partial charge >= 0.3 is 0 Å². The highest BCUT2D eigenvalue weighted by Crippen LogP contribution is 2.34. The molecular formula is C29H28N6O2. The minimum Gasteiger partial charge on any atom is -0.472 e. The van der Waals surface area contributed by atoms with Crippen molar-refractivity contribution in [1.29, 1.82) is 0 Å². The van der Waals surface area contributed by atoms with Crippen LogP contribution in [0.15, 0.2) is 78.5 Å². The van der Waals surface area contributed by atoms with Gasteiger partial charge in [0, 0.05) is 40.4 Å². The number of H-pyrrole nitrogens is 2. The fraction of sp³-hybridized carbons (Fsp3) is 0.172. The largest absolute Gasteiger partial charge is 0.472 e. The van der Waals surface area contributed by atoms with E-state index in [0.717, 1.165) is 68.8 Å². The highest BCUT2D eigenvalue weighted by Gasteiger charge is 2.17. The van der Waals surface area contributed by atoms with Gasteiger partial charge in [-0.1, -0.05) is 32.1 Å². The predicted molar refractivity (Wildman–Crippen MR) is 146 cm³/mol. The first-order valence-electron chi connectivity index (χ1n) is 12.2. The number of pyridine rings is 2. The van der Waals surface area contributed by atoms with Gasteiger partial charge in [-0.05, 0) is 43.2 Å². The smallest absolute Gasteiger partial charge is 0.224 e. The maximum Gasteiger partial charge on any atom is 0.224 e. The zero-order valence-corrected chi connectivity index (χ0v) is 20.8. The highest BCUT2D eigenvalue weighted by molar-refractivity contribution is 5.95. The summed E-state index contributed by atoms with van der Waals surface area (Å²) in [6.07, 6.45) is 14.6. The molecule has 0 aliphatic heterocycles. The third-order valence-corrected chi connectivity index (χ3v) is 6.20. The number of aromatic amines is 2. The molecule has 5 rings (SSSR count). The lowest BCUT2D eigenvalue weighted by atomic mass is 10.00. The van der Waals surface area contributed by atoms with Crippen molar-refractivity contribution < 1.29 is 9.21 Å². The predicted octanol–water partition coefficient (Wildman–Crippen LogP) is 6.66. The molecule has 0 unspecified atom stereocenters. The van der Waals surface area contributed by atoms with E-state index in [1.54, 1.807) is 37.2 Å². The summed E-state index contributed by atoms with van der Waals surface area (Å²) in [6.45, 7) is 7.96. The van der Waals surface area contributed by atoms with Crippen LogP contribution in [0.25, 0.3) is 39.1 Å². The average Bonchev–Trinajstić information content (AvgIpc) is 3.66. The Morgan fingerprint density at radius 1 is 1.22 bits per heavy atom. The van der Waals surface area contributed by atoms with Crippen molar-refractivity contribution in [2.24, 2.45) is 0 Å². The number of hydrogen-bond acceptors (Lipinski definition) is 5. The van der Waals surface area contributed by atoms with E-state index in [1.807, 2.05) is 31.2 Å². The lowest BCUT2D eigenvalue weighted by Gasteiger charge is -2.07. The number of furan rings is 1. The van der Waals surface area contributed by atoms with E-state index in [-0.39, 0.29) is 5.91 Å². The normalized spacial score (nSPS) is 11.7. The Bertz CT molecular complexity index is 1590. The number of nitrogens with one attached hydrogen (secondary N) is 3. The molecule has 0 aromatic carbocycles. The molecule has 0 aliphatic rings. The number of nitrogens with zero attached hydrogens (tertiary/aromatic N) is 3. The van der Waals surface area contributed by atoms with Crippen LogP contribution in [0.4, 0.5) is 5.69 Å². The zero-order valence-electron chi connectivity index (χ0n) is 20.8. The van der Waals surface area contributed by atoms with E-state index in [1.165, 1.54) is 0 Å². The summed E-state index contributed by atoms with van der Waals surface area (Å²) in [5, 5.41) is 11.5. The molecule has 5 heterocycles. The third kappa shape index (κ3) is 4.99. The number of amides is 1. The monoisotopic (exact) mass is 492 g/mol. The third-order valence-electron chi connectivity index (χ3n) is 6.20. The van der Waals surface area contributed by atoms with Gasteiger partial charge in [-0.25, -0.2) is 0 Å². The summed E-state index contributed by atoms with van der Waals surface area (Å²) in [7, 11) is 0. The Morgan fingerprint density at radius 2 is 2.11 bits per heavy atom. The molecule has 0 bridgehead atoms. The van der Waals surface area contributed by atoms with Gasteiger partial charge in [0.25, 0.3) is 0 Å². The molecule has 0 saturated carbocycles. The van der Waals surface area contributed by atoms with Gasteiger partial charge in [0.15, 0.2) is 0 Å². The van der Waals surface area contributed by atoms with E-state index in [9.17, 15) is 4.79 Å². The number of aryl methyl sites for hydroxylation is 1. The Hall–Kier alpha value is -4.72. The van der Waals surface area contributed by atoms with Crippen molar-refractivity contribution in [2.75, 3.05) is 5.32 Å². The number of aromatic nitrogens is 5. The Kier molecular flexibility index (Phi) is 6.81. The molecule has 0 atom stereocenters. The lowest BCUT2D eigenvalue weighted by molar-refractivity contribution is -0.116. The summed E-state index contributed by atoms with van der Waals surface area (Å²) in [5.74, 6) is -0.0143. The number of carbonyl (C=O) groups excluding carboxylic acids is 1. The first-order chi connectivity index (χ1) is 18.1. The Morgan fingerprint density at radius 3 is 2.89 bits per heavy atom. The van der Waals surface area contributed by atoms with Crippen LogP contribution in [0.1, 0.15) is 43.0 Å². The van der Waals surface area contributed by atoms with Crippen molar-refractivity contribution in [3.8, 4) is 22.6 Å². The van der Waals surface area contributed by atoms with Crippen LogP contribution in [0.3, 0.4) is 0 Å². The molecule has 3 N–H and O–H groups in total. The van der Waals surface area contributed by atoms with E-state index in [4.69, 9.17) is 4.42 Å². The van der Waals surface area contributed by atoms with Crippen LogP contribution < -0.4 is 5.32 Å². The van der Waals surface area contributed by atoms with Gasteiger partial charge in [-0.3, -0.25) is 19.9 Å². The molecule has 8 nitrogen and oxygen atoms in total. The maximum atomic E-state index is 12.2. The summed E-state index contributed by atoms with van der Waals surface area (Å²) in [4.78, 5) is 24.6. The summed E-state index contributed by atoms with van der Waals surface area (Å²) in [6, 6.07) is 7.89. The van der Waals surface area contributed by atoms with E-state index in [2.05, 4.69) is 50.0 Å². The number of rotatable bonds is 9. The second-order valence-corrected chi connectivity index (χ2v) is 8.85. The summed E-state index contributed by atoms with van der Waals surface area (Å²) >= 11 is 0. The minimum absolute atomic E-state index is 0.0143. The molecule has 0 fully saturated rings. The van der Waals surface area contributed by atoms with Gasteiger partial charge in [0.05, 0.1) is 47.5 Å². The molecule has 8 heteroatoms. The van der Waals surface area contributed by atoms with Crippen molar-refractivity contribution in [1.82, 2.24) is 25.1 Å². The van der Waals surface area contributed by atoms with Crippen molar-refractivity contribution in [3.05, 3.63) is 90.9 Å². The van der Waals surface area contributed by atoms with Crippen LogP contribution in [0.2, 0.25) is 0 Å². The maximum absolute atomic E-state index is 12.2. The van der Waals surface area contributed by atoms with E-state index in [0.29, 0.717) is 12.1 Å². The number of unbranched alkanes of at least 4 members (excludes halogenated alkanes) is 1.